The van der Waals surface area contributed by atoms with Crippen molar-refractivity contribution in [1.29, 1.82) is 5.26 Å². The Labute approximate surface area is 146 Å². The monoisotopic (exact) mass is 354 g/mol. The molecular formula is C17H11ClN4OS. The summed E-state index contributed by atoms with van der Waals surface area (Å²) < 4.78 is 0.783. The number of carbonyl (C=O) groups is 1. The van der Waals surface area contributed by atoms with Crippen molar-refractivity contribution >= 4 is 44.9 Å². The van der Waals surface area contributed by atoms with Crippen LogP contribution in [0.2, 0.25) is 5.02 Å². The van der Waals surface area contributed by atoms with Crippen molar-refractivity contribution in [2.45, 2.75) is 12.8 Å². The number of benzene rings is 1. The molecule has 2 heterocycles. The number of carbonyl (C=O) groups excluding carboxylic acids is 1. The van der Waals surface area contributed by atoms with Gasteiger partial charge in [-0.15, -0.1) is 11.3 Å². The van der Waals surface area contributed by atoms with E-state index in [-0.39, 0.29) is 11.8 Å². The Balaban J connectivity index is 1.82. The minimum atomic E-state index is 0.000377. The van der Waals surface area contributed by atoms with Gasteiger partial charge in [0.1, 0.15) is 5.01 Å². The number of nitrogens with one attached hydrogen (secondary N) is 1. The van der Waals surface area contributed by atoms with Gasteiger partial charge in [-0.05, 0) is 31.0 Å². The van der Waals surface area contributed by atoms with Crippen LogP contribution in [0.3, 0.4) is 0 Å². The fourth-order valence-corrected chi connectivity index (χ4v) is 3.85. The largest absolute Gasteiger partial charge is 0.309 e. The number of pyridine rings is 1. The van der Waals surface area contributed by atoms with Gasteiger partial charge < -0.3 is 5.32 Å². The first-order valence-electron chi connectivity index (χ1n) is 7.43. The summed E-state index contributed by atoms with van der Waals surface area (Å²) in [5.74, 6) is 0.613. The van der Waals surface area contributed by atoms with Gasteiger partial charge in [-0.25, -0.2) is 9.97 Å². The molecule has 0 bridgehead atoms. The van der Waals surface area contributed by atoms with Gasteiger partial charge in [0.25, 0.3) is 0 Å². The molecule has 0 unspecified atom stereocenters. The third kappa shape index (κ3) is 2.62. The van der Waals surface area contributed by atoms with Crippen molar-refractivity contribution < 1.29 is 4.79 Å². The summed E-state index contributed by atoms with van der Waals surface area (Å²) in [4.78, 5) is 20.9. The van der Waals surface area contributed by atoms with Gasteiger partial charge in [-0.3, -0.25) is 4.79 Å². The van der Waals surface area contributed by atoms with E-state index in [0.29, 0.717) is 27.0 Å². The van der Waals surface area contributed by atoms with Crippen molar-refractivity contribution in [3.05, 3.63) is 41.0 Å². The van der Waals surface area contributed by atoms with E-state index < -0.39 is 0 Å². The number of hydrogen-bond acceptors (Lipinski definition) is 5. The van der Waals surface area contributed by atoms with Crippen LogP contribution in [0.15, 0.2) is 30.5 Å². The number of halogens is 1. The molecule has 1 aliphatic rings. The summed E-state index contributed by atoms with van der Waals surface area (Å²) in [5, 5.41) is 13.3. The van der Waals surface area contributed by atoms with Crippen LogP contribution < -0.4 is 5.32 Å². The van der Waals surface area contributed by atoms with Crippen molar-refractivity contribution in [3.8, 4) is 16.6 Å². The van der Waals surface area contributed by atoms with E-state index in [1.165, 1.54) is 11.3 Å². The van der Waals surface area contributed by atoms with Gasteiger partial charge >= 0.3 is 0 Å². The van der Waals surface area contributed by atoms with Crippen LogP contribution in [0.5, 0.6) is 0 Å². The van der Waals surface area contributed by atoms with Crippen molar-refractivity contribution in [2.24, 2.45) is 5.92 Å². The first-order chi connectivity index (χ1) is 11.7. The second kappa shape index (κ2) is 5.86. The van der Waals surface area contributed by atoms with Crippen molar-refractivity contribution in [1.82, 2.24) is 9.97 Å². The molecule has 7 heteroatoms. The first kappa shape index (κ1) is 15.1. The number of fused-ring (bicyclic) bond motifs is 1. The summed E-state index contributed by atoms with van der Waals surface area (Å²) >= 11 is 7.65. The predicted molar refractivity (Wildman–Crippen MR) is 93.9 cm³/mol. The fourth-order valence-electron chi connectivity index (χ4n) is 2.45. The molecule has 3 aromatic rings. The Bertz CT molecular complexity index is 1000. The van der Waals surface area contributed by atoms with E-state index in [2.05, 4.69) is 21.4 Å². The minimum Gasteiger partial charge on any atom is -0.309 e. The van der Waals surface area contributed by atoms with Gasteiger partial charge in [0.2, 0.25) is 5.91 Å². The molecule has 0 atom stereocenters. The highest BCUT2D eigenvalue weighted by Gasteiger charge is 2.30. The summed E-state index contributed by atoms with van der Waals surface area (Å²) in [6.07, 6.45) is 3.48. The first-order valence-corrected chi connectivity index (χ1v) is 8.62. The lowest BCUT2D eigenvalue weighted by Gasteiger charge is -2.03. The molecule has 1 amide bonds. The smallest absolute Gasteiger partial charge is 0.228 e. The molecule has 24 heavy (non-hydrogen) atoms. The van der Waals surface area contributed by atoms with Gasteiger partial charge in [0.15, 0.2) is 5.82 Å². The zero-order valence-electron chi connectivity index (χ0n) is 12.4. The van der Waals surface area contributed by atoms with Crippen LogP contribution >= 0.6 is 22.9 Å². The van der Waals surface area contributed by atoms with Gasteiger partial charge in [0, 0.05) is 17.7 Å². The van der Waals surface area contributed by atoms with E-state index in [1.807, 2.05) is 0 Å². The van der Waals surface area contributed by atoms with E-state index in [9.17, 15) is 10.1 Å². The Kier molecular flexibility index (Phi) is 3.68. The second-order valence-electron chi connectivity index (χ2n) is 5.56. The summed E-state index contributed by atoms with van der Waals surface area (Å²) in [5.41, 5.74) is 1.81. The third-order valence-electron chi connectivity index (χ3n) is 3.84. The van der Waals surface area contributed by atoms with E-state index in [1.54, 1.807) is 30.5 Å². The number of amides is 1. The SMILES string of the molecule is N#Cc1cccc(Cl)c1-c1nc2ccnc(NC(=O)C3CC3)c2s1. The number of aromatic nitrogens is 2. The molecule has 4 rings (SSSR count). The van der Waals surface area contributed by atoms with Crippen LogP contribution in [0.25, 0.3) is 20.8 Å². The fraction of sp³-hybridized carbons (Fsp3) is 0.176. The Morgan fingerprint density at radius 2 is 2.21 bits per heavy atom. The lowest BCUT2D eigenvalue weighted by Crippen LogP contribution is -2.14. The van der Waals surface area contributed by atoms with Gasteiger partial charge in [-0.1, -0.05) is 17.7 Å². The number of nitriles is 1. The predicted octanol–water partition coefficient (Wildman–Crippen LogP) is 4.23. The second-order valence-corrected chi connectivity index (χ2v) is 6.97. The standard InChI is InChI=1S/C17H11ClN4OS/c18-11-3-1-2-10(8-19)13(11)17-21-12-6-7-20-15(14(12)24-17)22-16(23)9-4-5-9/h1-3,6-7,9H,4-5H2,(H,20,22,23). The van der Waals surface area contributed by atoms with Crippen LogP contribution in [0.1, 0.15) is 18.4 Å². The molecule has 5 nitrogen and oxygen atoms in total. The molecule has 2 aromatic heterocycles. The topological polar surface area (TPSA) is 78.7 Å². The number of anilines is 1. The summed E-state index contributed by atoms with van der Waals surface area (Å²) in [6.45, 7) is 0. The molecule has 1 aromatic carbocycles. The third-order valence-corrected chi connectivity index (χ3v) is 5.25. The molecule has 0 spiro atoms. The van der Waals surface area contributed by atoms with E-state index in [0.717, 1.165) is 23.1 Å². The lowest BCUT2D eigenvalue weighted by atomic mass is 10.1. The molecule has 1 N–H and O–H groups in total. The molecule has 118 valence electrons. The maximum Gasteiger partial charge on any atom is 0.228 e. The molecule has 0 radical (unpaired) electrons. The van der Waals surface area contributed by atoms with Crippen LogP contribution in [-0.4, -0.2) is 15.9 Å². The van der Waals surface area contributed by atoms with Crippen LogP contribution in [0.4, 0.5) is 5.82 Å². The quantitative estimate of drug-likeness (QED) is 0.763. The number of nitrogens with zero attached hydrogens (tertiary/aromatic N) is 3. The zero-order valence-corrected chi connectivity index (χ0v) is 14.0. The highest BCUT2D eigenvalue weighted by Crippen LogP contribution is 2.39. The maximum absolute atomic E-state index is 12.0. The Morgan fingerprint density at radius 1 is 1.38 bits per heavy atom. The molecule has 0 aliphatic heterocycles. The molecule has 1 aliphatic carbocycles. The van der Waals surface area contributed by atoms with Crippen LogP contribution in [0, 0.1) is 17.2 Å². The summed E-state index contributed by atoms with van der Waals surface area (Å²) in [7, 11) is 0. The molecule has 0 saturated heterocycles. The average Bonchev–Trinajstić information content (AvgIpc) is 3.34. The molecular weight excluding hydrogens is 344 g/mol. The maximum atomic E-state index is 12.0. The van der Waals surface area contributed by atoms with E-state index >= 15 is 0 Å². The Morgan fingerprint density at radius 3 is 2.96 bits per heavy atom. The zero-order chi connectivity index (χ0) is 16.7. The van der Waals surface area contributed by atoms with Gasteiger partial charge in [-0.2, -0.15) is 5.26 Å². The Hall–Kier alpha value is -2.49. The highest BCUT2D eigenvalue weighted by atomic mass is 35.5. The van der Waals surface area contributed by atoms with E-state index in [4.69, 9.17) is 11.6 Å². The average molecular weight is 355 g/mol. The molecule has 1 fully saturated rings. The summed E-state index contributed by atoms with van der Waals surface area (Å²) in [6, 6.07) is 9.11. The minimum absolute atomic E-state index is 0.000377. The number of thiazole rings is 1. The molecule has 1 saturated carbocycles. The number of rotatable bonds is 3. The number of hydrogen-bond donors (Lipinski definition) is 1. The van der Waals surface area contributed by atoms with Crippen molar-refractivity contribution in [3.63, 3.8) is 0 Å². The normalized spacial score (nSPS) is 13.7. The highest BCUT2D eigenvalue weighted by molar-refractivity contribution is 7.22. The van der Waals surface area contributed by atoms with Crippen LogP contribution in [-0.2, 0) is 4.79 Å². The van der Waals surface area contributed by atoms with Gasteiger partial charge in [0.05, 0.1) is 26.9 Å². The lowest BCUT2D eigenvalue weighted by molar-refractivity contribution is -0.117. The van der Waals surface area contributed by atoms with Crippen molar-refractivity contribution in [2.75, 3.05) is 5.32 Å².